The normalized spacial score (nSPS) is 26.7. The maximum atomic E-state index is 13.1. The smallest absolute Gasteiger partial charge is 0.220 e. The van der Waals surface area contributed by atoms with E-state index in [1.165, 1.54) is 57.8 Å². The van der Waals surface area contributed by atoms with E-state index in [1.807, 2.05) is 6.08 Å². The molecule has 0 bridgehead atoms. The molecule has 2 saturated heterocycles. The van der Waals surface area contributed by atoms with E-state index in [1.54, 1.807) is 6.08 Å². The highest BCUT2D eigenvalue weighted by molar-refractivity contribution is 5.76. The van der Waals surface area contributed by atoms with Gasteiger partial charge in [-0.2, -0.15) is 0 Å². The number of amides is 1. The third kappa shape index (κ3) is 27.8. The van der Waals surface area contributed by atoms with E-state index < -0.39 is 86.8 Å². The van der Waals surface area contributed by atoms with E-state index >= 15 is 0 Å². The van der Waals surface area contributed by atoms with Gasteiger partial charge in [0.25, 0.3) is 0 Å². The Kier molecular flexibility index (Phi) is 37.6. The molecule has 0 aromatic carbocycles. The largest absolute Gasteiger partial charge is 0.394 e. The molecule has 2 fully saturated rings. The molecule has 2 aliphatic heterocycles. The van der Waals surface area contributed by atoms with Crippen molar-refractivity contribution in [3.8, 4) is 0 Å². The van der Waals surface area contributed by atoms with Crippen molar-refractivity contribution in [1.29, 1.82) is 0 Å². The van der Waals surface area contributed by atoms with Gasteiger partial charge in [0.05, 0.1) is 32.0 Å². The molecule has 14 heteroatoms. The van der Waals surface area contributed by atoms with E-state index in [0.29, 0.717) is 12.8 Å². The second kappa shape index (κ2) is 41.6. The van der Waals surface area contributed by atoms with Gasteiger partial charge in [0.2, 0.25) is 5.91 Å². The number of ether oxygens (including phenoxy) is 4. The number of aliphatic hydroxyl groups excluding tert-OH is 8. The van der Waals surface area contributed by atoms with Crippen LogP contribution in [0.25, 0.3) is 0 Å². The fourth-order valence-electron chi connectivity index (χ4n) is 8.22. The molecule has 14 nitrogen and oxygen atoms in total. The van der Waals surface area contributed by atoms with Gasteiger partial charge in [0.1, 0.15) is 48.8 Å². The van der Waals surface area contributed by atoms with Crippen LogP contribution in [0.4, 0.5) is 0 Å². The summed E-state index contributed by atoms with van der Waals surface area (Å²) in [4.78, 5) is 13.1. The molecule has 0 aromatic rings. The average molecular weight is 990 g/mol. The number of unbranched alkanes of at least 4 members (excludes halogenated alkanes) is 15. The van der Waals surface area contributed by atoms with Crippen LogP contribution in [0.3, 0.4) is 0 Å². The molecule has 0 aliphatic carbocycles. The van der Waals surface area contributed by atoms with Crippen molar-refractivity contribution in [3.05, 3.63) is 85.1 Å². The van der Waals surface area contributed by atoms with Crippen molar-refractivity contribution >= 4 is 5.91 Å². The summed E-state index contributed by atoms with van der Waals surface area (Å²) in [5, 5.41) is 86.4. The summed E-state index contributed by atoms with van der Waals surface area (Å²) < 4.78 is 22.6. The lowest BCUT2D eigenvalue weighted by molar-refractivity contribution is -0.359. The molecule has 12 atom stereocenters. The van der Waals surface area contributed by atoms with E-state index in [2.05, 4.69) is 92.1 Å². The van der Waals surface area contributed by atoms with Gasteiger partial charge in [-0.1, -0.05) is 176 Å². The number of nitrogens with one attached hydrogen (secondary N) is 1. The molecule has 1 amide bonds. The SMILES string of the molecule is CC/C=C\C/C=C\C/C=C\C/C=C\C/C=C\CCCCCCCCCCCCCCCC(=O)NC(COC1OC(CO)C(OC2OC(CO)C(O)C(O)C2O)C(O)C1O)C(O)/C=C/CC/C=C/CCC. The van der Waals surface area contributed by atoms with Gasteiger partial charge in [-0.15, -0.1) is 0 Å². The van der Waals surface area contributed by atoms with Crippen molar-refractivity contribution in [2.24, 2.45) is 0 Å². The molecule has 9 N–H and O–H groups in total. The lowest BCUT2D eigenvalue weighted by Crippen LogP contribution is -2.65. The Morgan fingerprint density at radius 1 is 0.529 bits per heavy atom. The summed E-state index contributed by atoms with van der Waals surface area (Å²) in [7, 11) is 0. The molecule has 2 aliphatic rings. The third-order valence-corrected chi connectivity index (χ3v) is 12.5. The predicted octanol–water partition coefficient (Wildman–Crippen LogP) is 7.77. The highest BCUT2D eigenvalue weighted by atomic mass is 16.7. The zero-order valence-electron chi connectivity index (χ0n) is 42.7. The zero-order valence-corrected chi connectivity index (χ0v) is 42.7. The molecular formula is C56H95NO13. The highest BCUT2D eigenvalue weighted by Crippen LogP contribution is 2.30. The summed E-state index contributed by atoms with van der Waals surface area (Å²) in [5.41, 5.74) is 0. The van der Waals surface area contributed by atoms with Crippen LogP contribution in [-0.4, -0.2) is 140 Å². The van der Waals surface area contributed by atoms with Crippen LogP contribution in [0.15, 0.2) is 85.1 Å². The quantitative estimate of drug-likeness (QED) is 0.0212. The molecule has 402 valence electrons. The molecular weight excluding hydrogens is 895 g/mol. The summed E-state index contributed by atoms with van der Waals surface area (Å²) in [6, 6.07) is -0.933. The lowest BCUT2D eigenvalue weighted by atomic mass is 9.97. The first-order valence-corrected chi connectivity index (χ1v) is 26.8. The predicted molar refractivity (Wildman–Crippen MR) is 276 cm³/mol. The second-order valence-electron chi connectivity index (χ2n) is 18.6. The number of carbonyl (C=O) groups excluding carboxylic acids is 1. The Labute approximate surface area is 420 Å². The standard InChI is InChI=1S/C56H95NO13/c1-3-5-7-9-11-12-13-14-15-16-17-18-19-20-21-22-23-24-25-26-27-28-29-30-31-32-34-36-38-40-48(61)57-44(45(60)39-37-35-33-10-8-6-4-2)43-67-55-53(66)51(64)54(47(42-59)69-55)70-56-52(65)50(63)49(62)46(41-58)68-56/h5,7-8,10-12,14-15,17-18,20-21,37,39,44-47,49-56,58-60,62-66H,3-4,6,9,13,16,19,22-36,38,40-43H2,1-2H3,(H,57,61)/b7-5-,10-8+,12-11-,15-14-,18-17-,21-20-,39-37+. The molecule has 0 saturated carbocycles. The zero-order chi connectivity index (χ0) is 51.0. The monoisotopic (exact) mass is 990 g/mol. The molecule has 70 heavy (non-hydrogen) atoms. The molecule has 0 radical (unpaired) electrons. The fraction of sp³-hybridized carbons (Fsp3) is 0.732. The van der Waals surface area contributed by atoms with Crippen LogP contribution in [0.2, 0.25) is 0 Å². The van der Waals surface area contributed by atoms with Gasteiger partial charge in [-0.05, 0) is 70.6 Å². The van der Waals surface area contributed by atoms with Crippen molar-refractivity contribution < 1.29 is 64.6 Å². The number of hydrogen-bond donors (Lipinski definition) is 9. The summed E-state index contributed by atoms with van der Waals surface area (Å²) in [6.45, 7) is 2.52. The molecule has 2 rings (SSSR count). The summed E-state index contributed by atoms with van der Waals surface area (Å²) in [5.74, 6) is -0.260. The Morgan fingerprint density at radius 2 is 1.00 bits per heavy atom. The van der Waals surface area contributed by atoms with E-state index in [0.717, 1.165) is 77.0 Å². The Balaban J connectivity index is 1.65. The number of aliphatic hydroxyl groups is 8. The first kappa shape index (κ1) is 63.3. The summed E-state index contributed by atoms with van der Waals surface area (Å²) in [6.07, 6.45) is 38.2. The van der Waals surface area contributed by atoms with E-state index in [-0.39, 0.29) is 18.9 Å². The highest BCUT2D eigenvalue weighted by Gasteiger charge is 2.51. The van der Waals surface area contributed by atoms with Crippen molar-refractivity contribution in [2.75, 3.05) is 19.8 Å². The Morgan fingerprint density at radius 3 is 1.56 bits per heavy atom. The van der Waals surface area contributed by atoms with Gasteiger partial charge in [-0.3, -0.25) is 4.79 Å². The van der Waals surface area contributed by atoms with E-state index in [9.17, 15) is 45.6 Å². The van der Waals surface area contributed by atoms with Gasteiger partial charge in [0.15, 0.2) is 12.6 Å². The van der Waals surface area contributed by atoms with Crippen LogP contribution >= 0.6 is 0 Å². The first-order chi connectivity index (χ1) is 34.1. The van der Waals surface area contributed by atoms with Gasteiger partial charge < -0.3 is 65.1 Å². The molecule has 0 aromatic heterocycles. The lowest BCUT2D eigenvalue weighted by Gasteiger charge is -2.46. The van der Waals surface area contributed by atoms with Crippen molar-refractivity contribution in [2.45, 2.75) is 242 Å². The number of hydrogen-bond acceptors (Lipinski definition) is 13. The Hall–Kier alpha value is -2.83. The van der Waals surface area contributed by atoms with Crippen LogP contribution in [-0.2, 0) is 23.7 Å². The van der Waals surface area contributed by atoms with E-state index in [4.69, 9.17) is 18.9 Å². The second-order valence-corrected chi connectivity index (χ2v) is 18.6. The number of rotatable bonds is 40. The molecule has 12 unspecified atom stereocenters. The maximum Gasteiger partial charge on any atom is 0.220 e. The van der Waals surface area contributed by atoms with Crippen molar-refractivity contribution in [1.82, 2.24) is 5.32 Å². The minimum Gasteiger partial charge on any atom is -0.394 e. The first-order valence-electron chi connectivity index (χ1n) is 26.8. The number of carbonyl (C=O) groups is 1. The molecule has 0 spiro atoms. The minimum atomic E-state index is -1.79. The Bertz CT molecular complexity index is 1500. The van der Waals surface area contributed by atoms with Gasteiger partial charge in [0, 0.05) is 6.42 Å². The van der Waals surface area contributed by atoms with Crippen molar-refractivity contribution in [3.63, 3.8) is 0 Å². The fourth-order valence-corrected chi connectivity index (χ4v) is 8.22. The minimum absolute atomic E-state index is 0.260. The van der Waals surface area contributed by atoms with Crippen LogP contribution in [0.5, 0.6) is 0 Å². The topological polar surface area (TPSA) is 228 Å². The maximum absolute atomic E-state index is 13.1. The average Bonchev–Trinajstić information content (AvgIpc) is 3.36. The molecule has 2 heterocycles. The van der Waals surface area contributed by atoms with Gasteiger partial charge in [-0.25, -0.2) is 0 Å². The summed E-state index contributed by atoms with van der Waals surface area (Å²) >= 11 is 0. The van der Waals surface area contributed by atoms with Crippen LogP contribution in [0.1, 0.15) is 168 Å². The van der Waals surface area contributed by atoms with Crippen LogP contribution in [0, 0.1) is 0 Å². The third-order valence-electron chi connectivity index (χ3n) is 12.5. The van der Waals surface area contributed by atoms with Gasteiger partial charge >= 0.3 is 0 Å². The van der Waals surface area contributed by atoms with Crippen LogP contribution < -0.4 is 5.32 Å². The number of allylic oxidation sites excluding steroid dienone is 13.